The average Bonchev–Trinajstić information content (AvgIpc) is 2.21. The second-order valence-electron chi connectivity index (χ2n) is 3.80. The minimum Gasteiger partial charge on any atom is -0.480 e. The normalized spacial score (nSPS) is 14.2. The van der Waals surface area contributed by atoms with E-state index in [1.807, 2.05) is 0 Å². The molecule has 4 nitrogen and oxygen atoms in total. The Morgan fingerprint density at radius 1 is 1.50 bits per heavy atom. The van der Waals surface area contributed by atoms with Crippen molar-refractivity contribution in [2.75, 3.05) is 6.86 Å². The largest absolute Gasteiger partial charge is 0.480 e. The van der Waals surface area contributed by atoms with Crippen LogP contribution in [0.1, 0.15) is 12.5 Å². The number of nitrogens with two attached hydrogens (primary N) is 1. The highest BCUT2D eigenvalue weighted by Crippen LogP contribution is 2.16. The van der Waals surface area contributed by atoms with Crippen molar-refractivity contribution in [1.29, 1.82) is 0 Å². The van der Waals surface area contributed by atoms with Gasteiger partial charge in [0.1, 0.15) is 11.3 Å². The molecule has 0 saturated heterocycles. The fourth-order valence-electron chi connectivity index (χ4n) is 1.27. The van der Waals surface area contributed by atoms with Crippen LogP contribution in [0.2, 0.25) is 0 Å². The summed E-state index contributed by atoms with van der Waals surface area (Å²) in [5, 5.41) is 8.84. The molecule has 3 N–H and O–H groups in total. The van der Waals surface area contributed by atoms with E-state index in [9.17, 15) is 9.18 Å². The molecule has 16 heavy (non-hydrogen) atoms. The van der Waals surface area contributed by atoms with Gasteiger partial charge in [-0.15, -0.1) is 0 Å². The molecule has 0 radical (unpaired) electrons. The molecular formula is C11H14FNO3. The van der Waals surface area contributed by atoms with Gasteiger partial charge in [0.25, 0.3) is 0 Å². The van der Waals surface area contributed by atoms with Crippen LogP contribution in [0, 0.1) is 0 Å². The molecule has 0 amide bonds. The number of aliphatic carboxylic acids is 1. The monoisotopic (exact) mass is 227 g/mol. The van der Waals surface area contributed by atoms with Gasteiger partial charge in [0.2, 0.25) is 6.86 Å². The number of halogens is 1. The molecule has 1 rings (SSSR count). The summed E-state index contributed by atoms with van der Waals surface area (Å²) in [4.78, 5) is 10.8. The van der Waals surface area contributed by atoms with Gasteiger partial charge in [-0.25, -0.2) is 4.39 Å². The van der Waals surface area contributed by atoms with Crippen LogP contribution in [0.3, 0.4) is 0 Å². The number of benzene rings is 1. The number of carboxylic acids is 1. The van der Waals surface area contributed by atoms with E-state index in [0.29, 0.717) is 5.75 Å². The molecule has 0 bridgehead atoms. The van der Waals surface area contributed by atoms with Gasteiger partial charge in [-0.3, -0.25) is 4.79 Å². The smallest absolute Gasteiger partial charge is 0.323 e. The number of carboxylic acid groups (broad SMARTS) is 1. The summed E-state index contributed by atoms with van der Waals surface area (Å²) in [6, 6.07) is 6.48. The van der Waals surface area contributed by atoms with Crippen molar-refractivity contribution < 1.29 is 19.0 Å². The highest BCUT2D eigenvalue weighted by molar-refractivity contribution is 5.78. The maximum absolute atomic E-state index is 11.8. The average molecular weight is 227 g/mol. The van der Waals surface area contributed by atoms with Crippen molar-refractivity contribution in [1.82, 2.24) is 0 Å². The first-order chi connectivity index (χ1) is 7.45. The zero-order chi connectivity index (χ0) is 12.2. The maximum Gasteiger partial charge on any atom is 0.323 e. The van der Waals surface area contributed by atoms with Gasteiger partial charge in [0, 0.05) is 6.42 Å². The molecule has 0 fully saturated rings. The molecule has 1 aromatic rings. The maximum atomic E-state index is 11.8. The Labute approximate surface area is 92.8 Å². The van der Waals surface area contributed by atoms with Crippen molar-refractivity contribution in [3.05, 3.63) is 29.8 Å². The third kappa shape index (κ3) is 3.20. The third-order valence-electron chi connectivity index (χ3n) is 2.20. The topological polar surface area (TPSA) is 72.5 Å². The van der Waals surface area contributed by atoms with Gasteiger partial charge in [0.15, 0.2) is 0 Å². The molecule has 5 heteroatoms. The van der Waals surface area contributed by atoms with Gasteiger partial charge < -0.3 is 15.6 Å². The highest BCUT2D eigenvalue weighted by Gasteiger charge is 2.27. The van der Waals surface area contributed by atoms with Crippen LogP contribution in [0.4, 0.5) is 4.39 Å². The summed E-state index contributed by atoms with van der Waals surface area (Å²) in [6.07, 6.45) is 0.207. The Morgan fingerprint density at radius 2 is 2.06 bits per heavy atom. The molecule has 0 unspecified atom stereocenters. The Morgan fingerprint density at radius 3 is 2.50 bits per heavy atom. The molecule has 0 spiro atoms. The van der Waals surface area contributed by atoms with Gasteiger partial charge in [-0.1, -0.05) is 12.1 Å². The molecule has 0 aliphatic rings. The number of rotatable bonds is 5. The van der Waals surface area contributed by atoms with Crippen molar-refractivity contribution in [3.63, 3.8) is 0 Å². The Bertz CT molecular complexity index is 362. The molecule has 0 saturated carbocycles. The fraction of sp³-hybridized carbons (Fsp3) is 0.364. The fourth-order valence-corrected chi connectivity index (χ4v) is 1.27. The minimum atomic E-state index is -1.30. The number of alkyl halides is 1. The lowest BCUT2D eigenvalue weighted by molar-refractivity contribution is -0.142. The summed E-state index contributed by atoms with van der Waals surface area (Å²) in [7, 11) is 0. The number of hydrogen-bond donors (Lipinski definition) is 2. The van der Waals surface area contributed by atoms with Gasteiger partial charge in [-0.05, 0) is 24.6 Å². The molecule has 1 aromatic carbocycles. The van der Waals surface area contributed by atoms with Crippen LogP contribution in [-0.4, -0.2) is 23.5 Å². The summed E-state index contributed by atoms with van der Waals surface area (Å²) >= 11 is 0. The van der Waals surface area contributed by atoms with Crippen LogP contribution in [0.5, 0.6) is 5.75 Å². The summed E-state index contributed by atoms with van der Waals surface area (Å²) in [5.41, 5.74) is 5.06. The zero-order valence-corrected chi connectivity index (χ0v) is 8.94. The second kappa shape index (κ2) is 4.94. The van der Waals surface area contributed by atoms with Gasteiger partial charge >= 0.3 is 5.97 Å². The van der Waals surface area contributed by atoms with Crippen molar-refractivity contribution in [2.24, 2.45) is 5.73 Å². The summed E-state index contributed by atoms with van der Waals surface area (Å²) in [5.74, 6) is -0.656. The van der Waals surface area contributed by atoms with E-state index in [4.69, 9.17) is 10.8 Å². The lowest BCUT2D eigenvalue weighted by Gasteiger charge is -2.19. The van der Waals surface area contributed by atoms with Crippen molar-refractivity contribution >= 4 is 5.97 Å². The van der Waals surface area contributed by atoms with E-state index in [-0.39, 0.29) is 6.42 Å². The Kier molecular flexibility index (Phi) is 3.84. The van der Waals surface area contributed by atoms with E-state index >= 15 is 0 Å². The minimum absolute atomic E-state index is 0.207. The van der Waals surface area contributed by atoms with Crippen LogP contribution in [0.25, 0.3) is 0 Å². The van der Waals surface area contributed by atoms with E-state index in [0.717, 1.165) is 5.56 Å². The van der Waals surface area contributed by atoms with Gasteiger partial charge in [-0.2, -0.15) is 0 Å². The Hall–Kier alpha value is -1.62. The third-order valence-corrected chi connectivity index (χ3v) is 2.20. The van der Waals surface area contributed by atoms with Gasteiger partial charge in [0.05, 0.1) is 0 Å². The molecule has 1 atom stereocenters. The number of hydrogen-bond acceptors (Lipinski definition) is 3. The Balaban J connectivity index is 2.72. The molecular weight excluding hydrogens is 213 g/mol. The van der Waals surface area contributed by atoms with E-state index < -0.39 is 18.4 Å². The highest BCUT2D eigenvalue weighted by atomic mass is 19.1. The first-order valence-electron chi connectivity index (χ1n) is 4.75. The SMILES string of the molecule is C[C@@](N)(Cc1ccc(OCF)cc1)C(=O)O. The lowest BCUT2D eigenvalue weighted by Crippen LogP contribution is -2.46. The zero-order valence-electron chi connectivity index (χ0n) is 8.94. The molecule has 88 valence electrons. The molecule has 0 heterocycles. The standard InChI is InChI=1S/C11H14FNO3/c1-11(13,10(14)15)6-8-2-4-9(5-3-8)16-7-12/h2-5H,6-7,13H2,1H3,(H,14,15)/t11-/m1/s1. The van der Waals surface area contributed by atoms with Crippen LogP contribution in [-0.2, 0) is 11.2 Å². The molecule has 0 aliphatic carbocycles. The predicted octanol–water partition coefficient (Wildman–Crippen LogP) is 1.34. The first-order valence-corrected chi connectivity index (χ1v) is 4.75. The predicted molar refractivity (Wildman–Crippen MR) is 57.0 cm³/mol. The number of carbonyl (C=O) groups is 1. The number of ether oxygens (including phenoxy) is 1. The quantitative estimate of drug-likeness (QED) is 0.796. The van der Waals surface area contributed by atoms with E-state index in [1.54, 1.807) is 24.3 Å². The summed E-state index contributed by atoms with van der Waals surface area (Å²) < 4.78 is 16.5. The van der Waals surface area contributed by atoms with Crippen LogP contribution in [0.15, 0.2) is 24.3 Å². The van der Waals surface area contributed by atoms with Crippen LogP contribution >= 0.6 is 0 Å². The first kappa shape index (κ1) is 12.4. The van der Waals surface area contributed by atoms with Crippen LogP contribution < -0.4 is 10.5 Å². The summed E-state index contributed by atoms with van der Waals surface area (Å²) in [6.45, 7) is 0.560. The van der Waals surface area contributed by atoms with E-state index in [2.05, 4.69) is 4.74 Å². The van der Waals surface area contributed by atoms with E-state index in [1.165, 1.54) is 6.92 Å². The molecule has 0 aromatic heterocycles. The molecule has 0 aliphatic heterocycles. The second-order valence-corrected chi connectivity index (χ2v) is 3.80. The lowest BCUT2D eigenvalue weighted by atomic mass is 9.94. The van der Waals surface area contributed by atoms with Crippen molar-refractivity contribution in [2.45, 2.75) is 18.9 Å². The van der Waals surface area contributed by atoms with Crippen molar-refractivity contribution in [3.8, 4) is 5.75 Å².